The molecule has 0 amide bonds. The van der Waals surface area contributed by atoms with E-state index in [-0.39, 0.29) is 26.5 Å². The van der Waals surface area contributed by atoms with Crippen LogP contribution in [-0.4, -0.2) is 8.42 Å². The monoisotopic (exact) mass is 383 g/mol. The van der Waals surface area contributed by atoms with Crippen LogP contribution in [0.25, 0.3) is 0 Å². The Bertz CT molecular complexity index is 757. The molecule has 0 radical (unpaired) electrons. The zero-order chi connectivity index (χ0) is 15.6. The average molecular weight is 385 g/mol. The molecule has 112 valence electrons. The van der Waals surface area contributed by atoms with Crippen LogP contribution in [0.15, 0.2) is 36.4 Å². The smallest absolute Gasteiger partial charge is 0.237 e. The van der Waals surface area contributed by atoms with Crippen LogP contribution in [0, 0.1) is 0 Å². The van der Waals surface area contributed by atoms with Gasteiger partial charge in [-0.2, -0.15) is 0 Å². The molecule has 1 N–H and O–H groups in total. The average Bonchev–Trinajstić information content (AvgIpc) is 2.37. The molecule has 0 saturated heterocycles. The molecule has 0 fully saturated rings. The fourth-order valence-corrected chi connectivity index (χ4v) is 4.11. The van der Waals surface area contributed by atoms with Gasteiger partial charge < -0.3 is 0 Å². The van der Waals surface area contributed by atoms with Crippen LogP contribution in [0.1, 0.15) is 5.56 Å². The second-order valence-corrected chi connectivity index (χ2v) is 7.57. The highest BCUT2D eigenvalue weighted by Gasteiger charge is 2.17. The predicted octanol–water partition coefficient (Wildman–Crippen LogP) is 5.24. The minimum Gasteiger partial charge on any atom is -0.282 e. The van der Waals surface area contributed by atoms with Crippen molar-refractivity contribution in [2.45, 2.75) is 5.75 Å². The van der Waals surface area contributed by atoms with Gasteiger partial charge in [-0.05, 0) is 30.3 Å². The maximum atomic E-state index is 12.2. The van der Waals surface area contributed by atoms with Crippen molar-refractivity contribution in [3.63, 3.8) is 0 Å². The van der Waals surface area contributed by atoms with E-state index in [2.05, 4.69) is 4.72 Å². The van der Waals surface area contributed by atoms with Gasteiger partial charge in [0.05, 0.1) is 16.5 Å². The van der Waals surface area contributed by atoms with Crippen LogP contribution in [0.4, 0.5) is 5.69 Å². The molecule has 0 spiro atoms. The highest BCUT2D eigenvalue weighted by atomic mass is 35.5. The molecule has 2 aromatic carbocycles. The Morgan fingerprint density at radius 3 is 2.10 bits per heavy atom. The largest absolute Gasteiger partial charge is 0.282 e. The topological polar surface area (TPSA) is 46.2 Å². The molecule has 0 unspecified atom stereocenters. The van der Waals surface area contributed by atoms with Gasteiger partial charge >= 0.3 is 0 Å². The van der Waals surface area contributed by atoms with Crippen molar-refractivity contribution in [1.29, 1.82) is 0 Å². The first kappa shape index (κ1) is 16.7. The lowest BCUT2D eigenvalue weighted by atomic mass is 10.2. The van der Waals surface area contributed by atoms with Gasteiger partial charge in [-0.3, -0.25) is 4.72 Å². The first-order valence-corrected chi connectivity index (χ1v) is 8.83. The number of nitrogens with one attached hydrogen (secondary N) is 1. The quantitative estimate of drug-likeness (QED) is 0.783. The van der Waals surface area contributed by atoms with Crippen LogP contribution in [0.2, 0.25) is 20.1 Å². The van der Waals surface area contributed by atoms with Crippen molar-refractivity contribution >= 4 is 62.1 Å². The Morgan fingerprint density at radius 1 is 0.905 bits per heavy atom. The van der Waals surface area contributed by atoms with Gasteiger partial charge in [-0.25, -0.2) is 8.42 Å². The van der Waals surface area contributed by atoms with Crippen LogP contribution >= 0.6 is 46.4 Å². The molecular formula is C13H9Cl4NO2S. The summed E-state index contributed by atoms with van der Waals surface area (Å²) in [5.41, 5.74) is 0.572. The fourth-order valence-electron chi connectivity index (χ4n) is 1.64. The van der Waals surface area contributed by atoms with E-state index in [0.29, 0.717) is 10.6 Å². The SMILES string of the molecule is O=S(=O)(Cc1c(Cl)cccc1Cl)Nc1ccc(Cl)cc1Cl. The third-order valence-electron chi connectivity index (χ3n) is 2.59. The van der Waals surface area contributed by atoms with Gasteiger partial charge in [0.2, 0.25) is 10.0 Å². The second kappa shape index (κ2) is 6.63. The third-order valence-corrected chi connectivity index (χ3v) is 5.05. The molecule has 2 aromatic rings. The lowest BCUT2D eigenvalue weighted by molar-refractivity contribution is 0.600. The normalized spacial score (nSPS) is 11.4. The van der Waals surface area contributed by atoms with Gasteiger partial charge in [0, 0.05) is 20.6 Å². The minimum atomic E-state index is -3.71. The van der Waals surface area contributed by atoms with E-state index in [4.69, 9.17) is 46.4 Å². The number of benzene rings is 2. The van der Waals surface area contributed by atoms with Crippen molar-refractivity contribution in [3.8, 4) is 0 Å². The number of hydrogen-bond acceptors (Lipinski definition) is 2. The molecule has 0 saturated carbocycles. The summed E-state index contributed by atoms with van der Waals surface area (Å²) in [5, 5.41) is 1.19. The Morgan fingerprint density at radius 2 is 1.52 bits per heavy atom. The number of hydrogen-bond donors (Lipinski definition) is 1. The zero-order valence-electron chi connectivity index (χ0n) is 10.4. The van der Waals surface area contributed by atoms with Gasteiger partial charge in [-0.1, -0.05) is 52.5 Å². The Labute approximate surface area is 142 Å². The Kier molecular flexibility index (Phi) is 5.28. The predicted molar refractivity (Wildman–Crippen MR) is 89.2 cm³/mol. The zero-order valence-corrected chi connectivity index (χ0v) is 14.2. The summed E-state index contributed by atoms with van der Waals surface area (Å²) in [7, 11) is -3.71. The molecule has 0 aromatic heterocycles. The first-order chi connectivity index (χ1) is 9.78. The molecular weight excluding hydrogens is 376 g/mol. The summed E-state index contributed by atoms with van der Waals surface area (Å²) in [6.07, 6.45) is 0. The van der Waals surface area contributed by atoms with E-state index < -0.39 is 10.0 Å². The van der Waals surface area contributed by atoms with Gasteiger partial charge in [-0.15, -0.1) is 0 Å². The number of anilines is 1. The van der Waals surface area contributed by atoms with Crippen molar-refractivity contribution in [2.24, 2.45) is 0 Å². The van der Waals surface area contributed by atoms with E-state index >= 15 is 0 Å². The molecule has 21 heavy (non-hydrogen) atoms. The standard InChI is InChI=1S/C13H9Cl4NO2S/c14-8-4-5-13(12(17)6-8)18-21(19,20)7-9-10(15)2-1-3-11(9)16/h1-6,18H,7H2. The lowest BCUT2D eigenvalue weighted by Gasteiger charge is -2.11. The van der Waals surface area contributed by atoms with Crippen LogP contribution in [0.3, 0.4) is 0 Å². The lowest BCUT2D eigenvalue weighted by Crippen LogP contribution is -2.15. The minimum absolute atomic E-state index is 0.205. The molecule has 0 heterocycles. The van der Waals surface area contributed by atoms with Crippen molar-refractivity contribution in [1.82, 2.24) is 0 Å². The number of rotatable bonds is 4. The van der Waals surface area contributed by atoms with E-state index in [1.165, 1.54) is 18.2 Å². The number of halogens is 4. The summed E-state index contributed by atoms with van der Waals surface area (Å²) in [6, 6.07) is 9.26. The molecule has 8 heteroatoms. The highest BCUT2D eigenvalue weighted by molar-refractivity contribution is 7.91. The summed E-state index contributed by atoms with van der Waals surface area (Å²) in [4.78, 5) is 0. The second-order valence-electron chi connectivity index (χ2n) is 4.19. The van der Waals surface area contributed by atoms with Crippen LogP contribution in [-0.2, 0) is 15.8 Å². The van der Waals surface area contributed by atoms with E-state index in [9.17, 15) is 8.42 Å². The van der Waals surface area contributed by atoms with Gasteiger partial charge in [0.1, 0.15) is 0 Å². The van der Waals surface area contributed by atoms with Gasteiger partial charge in [0.25, 0.3) is 0 Å². The molecule has 0 aliphatic carbocycles. The molecule has 0 aliphatic rings. The summed E-state index contributed by atoms with van der Waals surface area (Å²) >= 11 is 23.6. The fraction of sp³-hybridized carbons (Fsp3) is 0.0769. The third kappa shape index (κ3) is 4.41. The Balaban J connectivity index is 2.27. The van der Waals surface area contributed by atoms with Crippen molar-refractivity contribution in [2.75, 3.05) is 4.72 Å². The molecule has 3 nitrogen and oxygen atoms in total. The molecule has 0 bridgehead atoms. The summed E-state index contributed by atoms with van der Waals surface area (Å²) in [6.45, 7) is 0. The number of sulfonamides is 1. The highest BCUT2D eigenvalue weighted by Crippen LogP contribution is 2.29. The van der Waals surface area contributed by atoms with Crippen molar-refractivity contribution in [3.05, 3.63) is 62.1 Å². The van der Waals surface area contributed by atoms with E-state index in [0.717, 1.165) is 0 Å². The van der Waals surface area contributed by atoms with Crippen LogP contribution < -0.4 is 4.72 Å². The molecule has 2 rings (SSSR count). The summed E-state index contributed by atoms with van der Waals surface area (Å²) in [5.74, 6) is -0.357. The van der Waals surface area contributed by atoms with E-state index in [1.807, 2.05) is 0 Å². The van der Waals surface area contributed by atoms with E-state index in [1.54, 1.807) is 18.2 Å². The molecule has 0 atom stereocenters. The Hall–Kier alpha value is -0.650. The summed E-state index contributed by atoms with van der Waals surface area (Å²) < 4.78 is 26.8. The molecule has 0 aliphatic heterocycles. The maximum absolute atomic E-state index is 12.2. The van der Waals surface area contributed by atoms with Gasteiger partial charge in [0.15, 0.2) is 0 Å². The van der Waals surface area contributed by atoms with Crippen molar-refractivity contribution < 1.29 is 8.42 Å². The first-order valence-electron chi connectivity index (χ1n) is 5.67. The maximum Gasteiger partial charge on any atom is 0.237 e. The van der Waals surface area contributed by atoms with Crippen LogP contribution in [0.5, 0.6) is 0 Å².